The molecule has 0 aromatic rings. The van der Waals surface area contributed by atoms with Crippen LogP contribution >= 0.6 is 0 Å². The molecule has 8 heavy (non-hydrogen) atoms. The third-order valence-corrected chi connectivity index (χ3v) is 0.302. The largest absolute Gasteiger partial charge is 0.610 e. The molecule has 7 heteroatoms. The Morgan fingerprint density at radius 1 is 1.62 bits per heavy atom. The van der Waals surface area contributed by atoms with Crippen LogP contribution in [0.25, 0.3) is 11.7 Å². The van der Waals surface area contributed by atoms with Gasteiger partial charge in [0, 0.05) is 12.1 Å². The third kappa shape index (κ3) is 2.44. The fourth-order valence-electron chi connectivity index (χ4n) is 0.0882. The highest BCUT2D eigenvalue weighted by molar-refractivity contribution is 5.21. The lowest BCUT2D eigenvalue weighted by molar-refractivity contribution is -0.418. The standard InChI is InChI=1S/CH5N5O2/c1-4-8-6(7)5(2)3/h2-3,7H,1H2/q-2. The number of hydrazine groups is 1. The van der Waals surface area contributed by atoms with Gasteiger partial charge in [-0.15, -0.1) is 0 Å². The predicted molar refractivity (Wildman–Crippen MR) is 24.7 cm³/mol. The fourth-order valence-corrected chi connectivity index (χ4v) is 0.0882. The molecule has 0 aliphatic rings. The van der Waals surface area contributed by atoms with Gasteiger partial charge in [-0.25, -0.2) is 0 Å². The second-order valence-electron chi connectivity index (χ2n) is 0.775. The molecule has 0 aliphatic carbocycles. The number of rotatable bonds is 3. The summed E-state index contributed by atoms with van der Waals surface area (Å²) in [5.41, 5.74) is 0. The first-order chi connectivity index (χ1) is 3.68. The summed E-state index contributed by atoms with van der Waals surface area (Å²) in [5, 5.41) is 10.4. The zero-order valence-electron chi connectivity index (χ0n) is 3.90. The summed E-state index contributed by atoms with van der Waals surface area (Å²) < 4.78 is 0. The van der Waals surface area contributed by atoms with Crippen LogP contribution in [0.2, 0.25) is 0 Å². The topological polar surface area (TPSA) is 95.9 Å². The number of oxime groups is 1. The van der Waals surface area contributed by atoms with E-state index in [4.69, 9.17) is 16.9 Å². The normalized spacial score (nSPS) is 10.1. The molecular formula is CH5N5O2-2. The first-order valence-corrected chi connectivity index (χ1v) is 1.53. The molecule has 7 nitrogen and oxygen atoms in total. The Bertz CT molecular complexity index is 72.8. The van der Waals surface area contributed by atoms with Crippen LogP contribution < -0.4 is 0 Å². The molecule has 0 heterocycles. The maximum absolute atomic E-state index is 8.15. The van der Waals surface area contributed by atoms with Crippen molar-refractivity contribution in [3.8, 4) is 0 Å². The van der Waals surface area contributed by atoms with Crippen LogP contribution in [0.1, 0.15) is 0 Å². The van der Waals surface area contributed by atoms with Gasteiger partial charge in [0.2, 0.25) is 0 Å². The molecule has 3 N–H and O–H groups in total. The van der Waals surface area contributed by atoms with E-state index in [1.54, 1.807) is 0 Å². The summed E-state index contributed by atoms with van der Waals surface area (Å²) in [5.74, 6) is 12.5. The zero-order valence-corrected chi connectivity index (χ0v) is 3.90. The van der Waals surface area contributed by atoms with Gasteiger partial charge in [0.05, 0.1) is 0 Å². The van der Waals surface area contributed by atoms with Gasteiger partial charge >= 0.3 is 0 Å². The summed E-state index contributed by atoms with van der Waals surface area (Å²) in [6.45, 7) is 2.82. The van der Waals surface area contributed by atoms with Crippen LogP contribution in [-0.2, 0) is 4.94 Å². The first-order valence-electron chi connectivity index (χ1n) is 1.53. The molecule has 0 unspecified atom stereocenters. The van der Waals surface area contributed by atoms with Gasteiger partial charge in [-0.2, -0.15) is 0 Å². The number of nitrogens with one attached hydrogen (secondary N) is 2. The number of hydrogen-bond donors (Lipinski definition) is 1. The minimum absolute atomic E-state index is 0.214. The maximum Gasteiger partial charge on any atom is 0.0491 e. The molecular weight excluding hydrogens is 114 g/mol. The molecule has 48 valence electrons. The molecule has 0 amide bonds. The van der Waals surface area contributed by atoms with Crippen LogP contribution in [0.15, 0.2) is 5.16 Å². The first kappa shape index (κ1) is 7.27. The Labute approximate surface area is 45.5 Å². The second kappa shape index (κ2) is 3.29. The Kier molecular flexibility index (Phi) is 2.99. The van der Waals surface area contributed by atoms with Crippen molar-refractivity contribution in [2.45, 2.75) is 0 Å². The van der Waals surface area contributed by atoms with Gasteiger partial charge in [-0.05, 0) is 0 Å². The van der Waals surface area contributed by atoms with Crippen LogP contribution in [0, 0.1) is 0 Å². The molecule has 0 saturated carbocycles. The van der Waals surface area contributed by atoms with Crippen molar-refractivity contribution in [2.75, 3.05) is 0 Å². The lowest BCUT2D eigenvalue weighted by atomic mass is 11.8. The lowest BCUT2D eigenvalue weighted by Crippen LogP contribution is -2.26. The van der Waals surface area contributed by atoms with Crippen LogP contribution in [0.4, 0.5) is 0 Å². The SMILES string of the molecule is C=NON(O)N([NH-])[NH-]. The van der Waals surface area contributed by atoms with Crippen molar-refractivity contribution in [2.24, 2.45) is 5.16 Å². The van der Waals surface area contributed by atoms with E-state index in [1.165, 1.54) is 0 Å². The van der Waals surface area contributed by atoms with Crippen LogP contribution in [0.3, 0.4) is 0 Å². The predicted octanol–water partition coefficient (Wildman–Crippen LogP) is 0.376. The Hall–Kier alpha value is -0.730. The van der Waals surface area contributed by atoms with Crippen molar-refractivity contribution in [3.05, 3.63) is 11.7 Å². The van der Waals surface area contributed by atoms with Gasteiger partial charge in [-0.1, -0.05) is 5.16 Å². The van der Waals surface area contributed by atoms with E-state index in [9.17, 15) is 0 Å². The quantitative estimate of drug-likeness (QED) is 0.428. The molecule has 0 spiro atoms. The molecule has 0 atom stereocenters. The summed E-state index contributed by atoms with van der Waals surface area (Å²) in [4.78, 5) is 3.76. The van der Waals surface area contributed by atoms with Crippen molar-refractivity contribution in [3.63, 3.8) is 0 Å². The second-order valence-corrected chi connectivity index (χ2v) is 0.775. The van der Waals surface area contributed by atoms with Crippen molar-refractivity contribution in [1.82, 2.24) is 10.6 Å². The number of hydrogen-bond acceptors (Lipinski definition) is 5. The summed E-state index contributed by atoms with van der Waals surface area (Å²) in [6.07, 6.45) is 0. The van der Waals surface area contributed by atoms with Crippen molar-refractivity contribution < 1.29 is 10.1 Å². The van der Waals surface area contributed by atoms with Gasteiger partial charge in [-0.3, -0.25) is 10.1 Å². The zero-order chi connectivity index (χ0) is 6.57. The summed E-state index contributed by atoms with van der Waals surface area (Å²) >= 11 is 0. The minimum atomic E-state index is -0.215. The molecule has 0 rings (SSSR count). The molecule has 0 bridgehead atoms. The van der Waals surface area contributed by atoms with Gasteiger partial charge < -0.3 is 16.9 Å². The van der Waals surface area contributed by atoms with E-state index in [2.05, 4.69) is 16.8 Å². The van der Waals surface area contributed by atoms with E-state index in [1.807, 2.05) is 0 Å². The average Bonchev–Trinajstić information content (AvgIpc) is 1.67. The lowest BCUT2D eigenvalue weighted by Gasteiger charge is -2.33. The Morgan fingerprint density at radius 2 is 2.12 bits per heavy atom. The molecule has 0 radical (unpaired) electrons. The molecule has 0 fully saturated rings. The molecule has 0 aromatic heterocycles. The fraction of sp³-hybridized carbons (Fsp3) is 0. The summed E-state index contributed by atoms with van der Waals surface area (Å²) in [6, 6.07) is 0. The minimum Gasteiger partial charge on any atom is -0.610 e. The van der Waals surface area contributed by atoms with E-state index >= 15 is 0 Å². The Balaban J connectivity index is 3.30. The van der Waals surface area contributed by atoms with Crippen molar-refractivity contribution in [1.29, 1.82) is 0 Å². The van der Waals surface area contributed by atoms with Crippen LogP contribution in [0.5, 0.6) is 0 Å². The van der Waals surface area contributed by atoms with E-state index in [-0.39, 0.29) is 10.6 Å². The Morgan fingerprint density at radius 3 is 2.25 bits per heavy atom. The highest BCUT2D eigenvalue weighted by atomic mass is 17.0. The smallest absolute Gasteiger partial charge is 0.0491 e. The molecule has 0 saturated heterocycles. The average molecular weight is 119 g/mol. The van der Waals surface area contributed by atoms with Gasteiger partial charge in [0.15, 0.2) is 0 Å². The number of nitrogens with zero attached hydrogens (tertiary/aromatic N) is 3. The molecule has 0 aromatic carbocycles. The van der Waals surface area contributed by atoms with E-state index in [0.717, 1.165) is 0 Å². The molecule has 0 aliphatic heterocycles. The van der Waals surface area contributed by atoms with E-state index < -0.39 is 0 Å². The maximum atomic E-state index is 8.15. The monoisotopic (exact) mass is 119 g/mol. The highest BCUT2D eigenvalue weighted by Crippen LogP contribution is 1.91. The van der Waals surface area contributed by atoms with Crippen LogP contribution in [-0.4, -0.2) is 22.5 Å². The summed E-state index contributed by atoms with van der Waals surface area (Å²) in [7, 11) is 0. The van der Waals surface area contributed by atoms with Gasteiger partial charge in [0.1, 0.15) is 0 Å². The van der Waals surface area contributed by atoms with Crippen molar-refractivity contribution >= 4 is 6.72 Å². The van der Waals surface area contributed by atoms with Gasteiger partial charge in [0.25, 0.3) is 0 Å². The highest BCUT2D eigenvalue weighted by Gasteiger charge is 1.87. The third-order valence-electron chi connectivity index (χ3n) is 0.302. The van der Waals surface area contributed by atoms with E-state index in [0.29, 0.717) is 0 Å².